The predicted octanol–water partition coefficient (Wildman–Crippen LogP) is 3.08. The highest BCUT2D eigenvalue weighted by Gasteiger charge is 2.10. The van der Waals surface area contributed by atoms with E-state index in [1.54, 1.807) is 0 Å². The van der Waals surface area contributed by atoms with E-state index < -0.39 is 0 Å². The number of hydrogen-bond donors (Lipinski definition) is 1. The second-order valence-corrected chi connectivity index (χ2v) is 5.26. The van der Waals surface area contributed by atoms with Gasteiger partial charge in [-0.2, -0.15) is 0 Å². The molecular weight excluding hydrogens is 251 g/mol. The van der Waals surface area contributed by atoms with Crippen LogP contribution in [0.2, 0.25) is 0 Å². The van der Waals surface area contributed by atoms with Gasteiger partial charge in [0.05, 0.1) is 17.1 Å². The molecule has 2 aromatic rings. The van der Waals surface area contributed by atoms with Crippen molar-refractivity contribution in [3.05, 3.63) is 45.7 Å². The van der Waals surface area contributed by atoms with Crippen LogP contribution in [0.1, 0.15) is 15.6 Å². The molecule has 0 saturated heterocycles. The van der Waals surface area contributed by atoms with Gasteiger partial charge in [0.1, 0.15) is 5.82 Å². The smallest absolute Gasteiger partial charge is 0.229 e. The Morgan fingerprint density at radius 1 is 1.33 bits per heavy atom. The number of halogens is 1. The standard InChI is InChI=1S/C13H13FN2OS/c1-8-12(18-9(2)15-8)7-13(17)16-11-5-3-10(14)4-6-11/h3-6H,7H2,1-2H3,(H,16,17). The first-order valence-corrected chi connectivity index (χ1v) is 6.34. The molecule has 3 nitrogen and oxygen atoms in total. The molecule has 94 valence electrons. The van der Waals surface area contributed by atoms with Gasteiger partial charge in [-0.1, -0.05) is 0 Å². The summed E-state index contributed by atoms with van der Waals surface area (Å²) in [5.74, 6) is -0.435. The van der Waals surface area contributed by atoms with Crippen LogP contribution in [0, 0.1) is 19.7 Å². The van der Waals surface area contributed by atoms with E-state index in [9.17, 15) is 9.18 Å². The van der Waals surface area contributed by atoms with Gasteiger partial charge in [0.2, 0.25) is 5.91 Å². The van der Waals surface area contributed by atoms with E-state index in [0.29, 0.717) is 12.1 Å². The topological polar surface area (TPSA) is 42.0 Å². The summed E-state index contributed by atoms with van der Waals surface area (Å²) >= 11 is 1.52. The Balaban J connectivity index is 2.01. The first-order chi connectivity index (χ1) is 8.54. The number of rotatable bonds is 3. The lowest BCUT2D eigenvalue weighted by Crippen LogP contribution is -2.14. The van der Waals surface area contributed by atoms with Gasteiger partial charge in [0.15, 0.2) is 0 Å². The third kappa shape index (κ3) is 3.13. The molecule has 1 aromatic heterocycles. The van der Waals surface area contributed by atoms with E-state index >= 15 is 0 Å². The first-order valence-electron chi connectivity index (χ1n) is 5.53. The Morgan fingerprint density at radius 3 is 2.56 bits per heavy atom. The van der Waals surface area contributed by atoms with Gasteiger partial charge in [-0.05, 0) is 38.1 Å². The fourth-order valence-corrected chi connectivity index (χ4v) is 2.56. The van der Waals surface area contributed by atoms with Crippen LogP contribution < -0.4 is 5.32 Å². The molecule has 0 aliphatic carbocycles. The number of aromatic nitrogens is 1. The Labute approximate surface area is 109 Å². The number of anilines is 1. The van der Waals surface area contributed by atoms with E-state index in [1.807, 2.05) is 13.8 Å². The SMILES string of the molecule is Cc1nc(C)c(CC(=O)Nc2ccc(F)cc2)s1. The zero-order valence-corrected chi connectivity index (χ0v) is 11.0. The molecule has 0 aliphatic rings. The molecule has 0 spiro atoms. The minimum absolute atomic E-state index is 0.117. The highest BCUT2D eigenvalue weighted by Crippen LogP contribution is 2.18. The molecular formula is C13H13FN2OS. The number of nitrogens with one attached hydrogen (secondary N) is 1. The minimum Gasteiger partial charge on any atom is -0.326 e. The number of amides is 1. The monoisotopic (exact) mass is 264 g/mol. The third-order valence-electron chi connectivity index (χ3n) is 2.45. The maximum Gasteiger partial charge on any atom is 0.229 e. The van der Waals surface area contributed by atoms with Crippen molar-refractivity contribution in [1.29, 1.82) is 0 Å². The highest BCUT2D eigenvalue weighted by molar-refractivity contribution is 7.11. The zero-order chi connectivity index (χ0) is 13.1. The molecule has 1 heterocycles. The second kappa shape index (κ2) is 5.27. The van der Waals surface area contributed by atoms with E-state index in [1.165, 1.54) is 35.6 Å². The fourth-order valence-electron chi connectivity index (χ4n) is 1.62. The molecule has 0 fully saturated rings. The van der Waals surface area contributed by atoms with Crippen molar-refractivity contribution in [2.45, 2.75) is 20.3 Å². The van der Waals surface area contributed by atoms with Crippen LogP contribution in [0.5, 0.6) is 0 Å². The number of nitrogens with zero attached hydrogens (tertiary/aromatic N) is 1. The quantitative estimate of drug-likeness (QED) is 0.925. The van der Waals surface area contributed by atoms with Gasteiger partial charge >= 0.3 is 0 Å². The normalized spacial score (nSPS) is 10.4. The summed E-state index contributed by atoms with van der Waals surface area (Å²) in [7, 11) is 0. The van der Waals surface area contributed by atoms with Crippen molar-refractivity contribution >= 4 is 22.9 Å². The maximum absolute atomic E-state index is 12.7. The van der Waals surface area contributed by atoms with Crippen molar-refractivity contribution in [2.24, 2.45) is 0 Å². The van der Waals surface area contributed by atoms with E-state index in [-0.39, 0.29) is 11.7 Å². The molecule has 1 aromatic carbocycles. The van der Waals surface area contributed by atoms with E-state index in [2.05, 4.69) is 10.3 Å². The molecule has 0 unspecified atom stereocenters. The van der Waals surface area contributed by atoms with Crippen LogP contribution in [-0.2, 0) is 11.2 Å². The average Bonchev–Trinajstić information content (AvgIpc) is 2.61. The zero-order valence-electron chi connectivity index (χ0n) is 10.2. The number of thiazole rings is 1. The average molecular weight is 264 g/mol. The highest BCUT2D eigenvalue weighted by atomic mass is 32.1. The van der Waals surface area contributed by atoms with Gasteiger partial charge in [-0.3, -0.25) is 4.79 Å². The minimum atomic E-state index is -0.318. The van der Waals surface area contributed by atoms with E-state index in [0.717, 1.165) is 15.6 Å². The number of carbonyl (C=O) groups excluding carboxylic acids is 1. The summed E-state index contributed by atoms with van der Waals surface area (Å²) < 4.78 is 12.7. The summed E-state index contributed by atoms with van der Waals surface area (Å²) in [6, 6.07) is 5.71. The molecule has 0 bridgehead atoms. The van der Waals surface area contributed by atoms with Crippen LogP contribution in [-0.4, -0.2) is 10.9 Å². The van der Waals surface area contributed by atoms with Crippen LogP contribution in [0.4, 0.5) is 10.1 Å². The summed E-state index contributed by atoms with van der Waals surface area (Å²) in [4.78, 5) is 17.0. The van der Waals surface area contributed by atoms with Crippen LogP contribution >= 0.6 is 11.3 Å². The van der Waals surface area contributed by atoms with Crippen molar-refractivity contribution in [1.82, 2.24) is 4.98 Å². The first kappa shape index (κ1) is 12.7. The number of benzene rings is 1. The molecule has 1 amide bonds. The summed E-state index contributed by atoms with van der Waals surface area (Å²) in [6.45, 7) is 3.81. The van der Waals surface area contributed by atoms with Crippen LogP contribution in [0.25, 0.3) is 0 Å². The largest absolute Gasteiger partial charge is 0.326 e. The Bertz CT molecular complexity index is 563. The molecule has 0 saturated carbocycles. The molecule has 2 rings (SSSR count). The lowest BCUT2D eigenvalue weighted by atomic mass is 10.2. The lowest BCUT2D eigenvalue weighted by Gasteiger charge is -2.04. The van der Waals surface area contributed by atoms with Gasteiger partial charge in [0.25, 0.3) is 0 Å². The molecule has 1 N–H and O–H groups in total. The fraction of sp³-hybridized carbons (Fsp3) is 0.231. The van der Waals surface area contributed by atoms with Crippen molar-refractivity contribution in [2.75, 3.05) is 5.32 Å². The van der Waals surface area contributed by atoms with Crippen molar-refractivity contribution in [3.63, 3.8) is 0 Å². The predicted molar refractivity (Wildman–Crippen MR) is 70.3 cm³/mol. The van der Waals surface area contributed by atoms with Crippen molar-refractivity contribution < 1.29 is 9.18 Å². The van der Waals surface area contributed by atoms with Gasteiger partial charge in [0, 0.05) is 10.6 Å². The number of aryl methyl sites for hydroxylation is 2. The third-order valence-corrected chi connectivity index (χ3v) is 3.52. The lowest BCUT2D eigenvalue weighted by molar-refractivity contribution is -0.115. The Hall–Kier alpha value is -1.75. The van der Waals surface area contributed by atoms with Crippen molar-refractivity contribution in [3.8, 4) is 0 Å². The number of carbonyl (C=O) groups is 1. The van der Waals surface area contributed by atoms with Crippen LogP contribution in [0.15, 0.2) is 24.3 Å². The van der Waals surface area contributed by atoms with Gasteiger partial charge in [-0.25, -0.2) is 9.37 Å². The molecule has 0 radical (unpaired) electrons. The molecule has 0 aliphatic heterocycles. The van der Waals surface area contributed by atoms with Gasteiger partial charge < -0.3 is 5.32 Å². The molecule has 5 heteroatoms. The Morgan fingerprint density at radius 2 is 2.00 bits per heavy atom. The summed E-state index contributed by atoms with van der Waals surface area (Å²) in [5.41, 5.74) is 1.49. The van der Waals surface area contributed by atoms with Crippen LogP contribution in [0.3, 0.4) is 0 Å². The molecule has 0 atom stereocenters. The maximum atomic E-state index is 12.7. The summed E-state index contributed by atoms with van der Waals surface area (Å²) in [5, 5.41) is 3.68. The van der Waals surface area contributed by atoms with E-state index in [4.69, 9.17) is 0 Å². The summed E-state index contributed by atoms with van der Waals surface area (Å²) in [6.07, 6.45) is 0.300. The Kier molecular flexibility index (Phi) is 3.72. The second-order valence-electron chi connectivity index (χ2n) is 3.97. The van der Waals surface area contributed by atoms with Gasteiger partial charge in [-0.15, -0.1) is 11.3 Å². The molecule has 18 heavy (non-hydrogen) atoms. The number of hydrogen-bond acceptors (Lipinski definition) is 3.